The van der Waals surface area contributed by atoms with Gasteiger partial charge in [0, 0.05) is 6.04 Å². The molecule has 3 aliphatic heterocycles. The van der Waals surface area contributed by atoms with E-state index < -0.39 is 17.4 Å². The Morgan fingerprint density at radius 3 is 2.87 bits per heavy atom. The first-order valence-corrected chi connectivity index (χ1v) is 8.86. The highest BCUT2D eigenvalue weighted by Crippen LogP contribution is 2.53. The Hall–Kier alpha value is -1.36. The molecule has 0 radical (unpaired) electrons. The molecule has 5 nitrogen and oxygen atoms in total. The first kappa shape index (κ1) is 15.2. The molecule has 23 heavy (non-hydrogen) atoms. The third kappa shape index (κ3) is 2.24. The maximum atomic E-state index is 13.0. The second-order valence-electron chi connectivity index (χ2n) is 7.83. The van der Waals surface area contributed by atoms with Gasteiger partial charge >= 0.3 is 5.97 Å². The summed E-state index contributed by atoms with van der Waals surface area (Å²) in [6, 6.07) is 0.325. The van der Waals surface area contributed by atoms with E-state index in [1.54, 1.807) is 0 Å². The number of hydrogen-bond acceptors (Lipinski definition) is 4. The minimum absolute atomic E-state index is 0.0928. The predicted octanol–water partition coefficient (Wildman–Crippen LogP) is 1.91. The van der Waals surface area contributed by atoms with Crippen LogP contribution < -0.4 is 0 Å². The number of fused-ring (bicyclic) bond motifs is 1. The molecule has 3 heterocycles. The molecular formula is C18H25NO4. The van der Waals surface area contributed by atoms with Crippen LogP contribution in [0.1, 0.15) is 39.5 Å². The van der Waals surface area contributed by atoms with Crippen LogP contribution in [0.25, 0.3) is 0 Å². The number of carbonyl (C=O) groups is 2. The lowest BCUT2D eigenvalue weighted by Gasteiger charge is -2.26. The lowest BCUT2D eigenvalue weighted by molar-refractivity contribution is -0.155. The van der Waals surface area contributed by atoms with Crippen molar-refractivity contribution in [2.24, 2.45) is 17.8 Å². The summed E-state index contributed by atoms with van der Waals surface area (Å²) in [6.07, 6.45) is 8.18. The third-order valence-corrected chi connectivity index (χ3v) is 5.73. The minimum Gasteiger partial charge on any atom is -0.465 e. The zero-order valence-corrected chi connectivity index (χ0v) is 13.9. The number of hydrogen-bond donors (Lipinski definition) is 0. The fourth-order valence-corrected chi connectivity index (χ4v) is 4.67. The Bertz CT molecular complexity index is 551. The Labute approximate surface area is 137 Å². The maximum Gasteiger partial charge on any atom is 0.312 e. The first-order chi connectivity index (χ1) is 11.0. The fraction of sp³-hybridized carbons (Fsp3) is 0.778. The normalized spacial score (nSPS) is 38.8. The van der Waals surface area contributed by atoms with Crippen molar-refractivity contribution in [3.05, 3.63) is 12.2 Å². The summed E-state index contributed by atoms with van der Waals surface area (Å²) in [5, 5.41) is 0. The number of likely N-dealkylation sites (tertiary alicyclic amines) is 1. The van der Waals surface area contributed by atoms with Crippen LogP contribution in [0.3, 0.4) is 0 Å². The topological polar surface area (TPSA) is 55.8 Å². The van der Waals surface area contributed by atoms with Gasteiger partial charge in [0.25, 0.3) is 0 Å². The summed E-state index contributed by atoms with van der Waals surface area (Å²) in [5.74, 6) is -0.760. The summed E-state index contributed by atoms with van der Waals surface area (Å²) in [5.41, 5.74) is -0.591. The van der Waals surface area contributed by atoms with Crippen LogP contribution in [0.2, 0.25) is 0 Å². The van der Waals surface area contributed by atoms with E-state index in [1.165, 1.54) is 12.8 Å². The molecule has 5 heteroatoms. The fourth-order valence-electron chi connectivity index (χ4n) is 4.67. The van der Waals surface area contributed by atoms with E-state index in [9.17, 15) is 9.59 Å². The zero-order valence-electron chi connectivity index (χ0n) is 13.9. The van der Waals surface area contributed by atoms with E-state index in [1.807, 2.05) is 30.9 Å². The second-order valence-corrected chi connectivity index (χ2v) is 7.83. The van der Waals surface area contributed by atoms with E-state index >= 15 is 0 Å². The van der Waals surface area contributed by atoms with Gasteiger partial charge in [-0.15, -0.1) is 0 Å². The van der Waals surface area contributed by atoms with Crippen molar-refractivity contribution in [3.8, 4) is 0 Å². The molecule has 0 aromatic rings. The van der Waals surface area contributed by atoms with Crippen molar-refractivity contribution in [3.63, 3.8) is 0 Å². The molecule has 1 spiro atoms. The van der Waals surface area contributed by atoms with Crippen molar-refractivity contribution >= 4 is 11.9 Å². The van der Waals surface area contributed by atoms with E-state index in [0.29, 0.717) is 19.2 Å². The van der Waals surface area contributed by atoms with Gasteiger partial charge in [0.15, 0.2) is 0 Å². The molecule has 1 aliphatic carbocycles. The number of carbonyl (C=O) groups excluding carboxylic acids is 2. The van der Waals surface area contributed by atoms with Crippen LogP contribution in [0.15, 0.2) is 12.2 Å². The highest BCUT2D eigenvalue weighted by atomic mass is 16.6. The molecule has 3 fully saturated rings. The van der Waals surface area contributed by atoms with Gasteiger partial charge in [0.1, 0.15) is 11.5 Å². The molecule has 0 aromatic heterocycles. The standard InChI is InChI=1S/C18H25NO4/c1-11(2)9-22-17(21)14-13-7-8-18(23-13)10-19(16(20)15(14)18)12-5-3-4-6-12/h7-8,11-15H,3-6,9-10H2,1-2H3/t13-,14+,15+,18+/m1/s1. The van der Waals surface area contributed by atoms with Crippen molar-refractivity contribution in [1.82, 2.24) is 4.90 Å². The van der Waals surface area contributed by atoms with E-state index in [-0.39, 0.29) is 23.9 Å². The summed E-state index contributed by atoms with van der Waals surface area (Å²) in [7, 11) is 0. The van der Waals surface area contributed by atoms with Gasteiger partial charge in [-0.25, -0.2) is 0 Å². The molecule has 4 aliphatic rings. The van der Waals surface area contributed by atoms with Crippen LogP contribution >= 0.6 is 0 Å². The predicted molar refractivity (Wildman–Crippen MR) is 83.5 cm³/mol. The Kier molecular flexibility index (Phi) is 3.52. The third-order valence-electron chi connectivity index (χ3n) is 5.73. The monoisotopic (exact) mass is 319 g/mol. The van der Waals surface area contributed by atoms with Gasteiger partial charge in [-0.1, -0.05) is 38.8 Å². The number of esters is 1. The summed E-state index contributed by atoms with van der Waals surface area (Å²) >= 11 is 0. The maximum absolute atomic E-state index is 13.0. The van der Waals surface area contributed by atoms with E-state index in [2.05, 4.69) is 0 Å². The van der Waals surface area contributed by atoms with Crippen molar-refractivity contribution in [1.29, 1.82) is 0 Å². The molecule has 0 aromatic carbocycles. The molecule has 2 saturated heterocycles. The second kappa shape index (κ2) is 5.33. The van der Waals surface area contributed by atoms with Gasteiger partial charge in [-0.05, 0) is 18.8 Å². The number of amides is 1. The summed E-state index contributed by atoms with van der Waals surface area (Å²) in [6.45, 7) is 5.01. The van der Waals surface area contributed by atoms with Gasteiger partial charge in [-0.2, -0.15) is 0 Å². The highest BCUT2D eigenvalue weighted by molar-refractivity contribution is 5.91. The molecule has 2 bridgehead atoms. The average molecular weight is 319 g/mol. The largest absolute Gasteiger partial charge is 0.465 e. The van der Waals surface area contributed by atoms with Gasteiger partial charge < -0.3 is 14.4 Å². The van der Waals surface area contributed by atoms with Crippen LogP contribution in [-0.2, 0) is 19.1 Å². The summed E-state index contributed by atoms with van der Waals surface area (Å²) in [4.78, 5) is 27.5. The number of ether oxygens (including phenoxy) is 2. The highest BCUT2D eigenvalue weighted by Gasteiger charge is 2.67. The molecule has 4 rings (SSSR count). The SMILES string of the molecule is CC(C)COC(=O)[C@@H]1[C@H]2C(=O)N(C3CCCC3)C[C@@]23C=C[C@H]1O3. The molecular weight excluding hydrogens is 294 g/mol. The first-order valence-electron chi connectivity index (χ1n) is 8.86. The molecule has 0 N–H and O–H groups in total. The van der Waals surface area contributed by atoms with E-state index in [4.69, 9.17) is 9.47 Å². The lowest BCUT2D eigenvalue weighted by atomic mass is 9.77. The number of nitrogens with zero attached hydrogens (tertiary/aromatic N) is 1. The minimum atomic E-state index is -0.591. The molecule has 126 valence electrons. The van der Waals surface area contributed by atoms with Crippen LogP contribution in [0.4, 0.5) is 0 Å². The Morgan fingerprint density at radius 1 is 1.43 bits per heavy atom. The number of rotatable bonds is 4. The van der Waals surface area contributed by atoms with Crippen molar-refractivity contribution in [2.75, 3.05) is 13.2 Å². The van der Waals surface area contributed by atoms with Gasteiger partial charge in [-0.3, -0.25) is 9.59 Å². The molecule has 1 saturated carbocycles. The Morgan fingerprint density at radius 2 is 2.17 bits per heavy atom. The van der Waals surface area contributed by atoms with Crippen LogP contribution in [-0.4, -0.2) is 47.7 Å². The van der Waals surface area contributed by atoms with Gasteiger partial charge in [0.05, 0.1) is 25.2 Å². The lowest BCUT2D eigenvalue weighted by Crippen LogP contribution is -2.41. The summed E-state index contributed by atoms with van der Waals surface area (Å²) < 4.78 is 11.5. The van der Waals surface area contributed by atoms with Crippen molar-refractivity contribution in [2.45, 2.75) is 57.3 Å². The average Bonchev–Trinajstić information content (AvgIpc) is 3.25. The Balaban J connectivity index is 1.56. The van der Waals surface area contributed by atoms with Crippen LogP contribution in [0.5, 0.6) is 0 Å². The zero-order chi connectivity index (χ0) is 16.2. The molecule has 4 atom stereocenters. The van der Waals surface area contributed by atoms with E-state index in [0.717, 1.165) is 12.8 Å². The molecule has 0 unspecified atom stereocenters. The molecule has 1 amide bonds. The smallest absolute Gasteiger partial charge is 0.312 e. The van der Waals surface area contributed by atoms with Crippen LogP contribution in [0, 0.1) is 17.8 Å². The quantitative estimate of drug-likeness (QED) is 0.587. The van der Waals surface area contributed by atoms with Crippen molar-refractivity contribution < 1.29 is 19.1 Å². The van der Waals surface area contributed by atoms with Gasteiger partial charge in [0.2, 0.25) is 5.91 Å².